The first-order chi connectivity index (χ1) is 9.99. The van der Waals surface area contributed by atoms with Crippen LogP contribution in [0.15, 0.2) is 41.0 Å². The minimum Gasteiger partial charge on any atom is -0.469 e. The summed E-state index contributed by atoms with van der Waals surface area (Å²) in [5.41, 5.74) is 6.02. The van der Waals surface area contributed by atoms with Crippen LogP contribution in [0, 0.1) is 12.7 Å². The van der Waals surface area contributed by atoms with E-state index in [9.17, 15) is 14.0 Å². The summed E-state index contributed by atoms with van der Waals surface area (Å²) in [6.45, 7) is 1.79. The van der Waals surface area contributed by atoms with Crippen LogP contribution in [0.3, 0.4) is 0 Å². The van der Waals surface area contributed by atoms with Crippen molar-refractivity contribution in [3.63, 3.8) is 0 Å². The molecule has 0 saturated carbocycles. The van der Waals surface area contributed by atoms with Gasteiger partial charge in [0.05, 0.1) is 11.8 Å². The first-order valence-electron chi connectivity index (χ1n) is 6.39. The van der Waals surface area contributed by atoms with Crippen LogP contribution in [0.1, 0.15) is 22.5 Å². The number of rotatable bonds is 5. The summed E-state index contributed by atoms with van der Waals surface area (Å²) in [5.74, 6) is -0.764. The number of hydrogen-bond donors (Lipinski definition) is 1. The molecule has 6 heteroatoms. The number of halogens is 1. The second kappa shape index (κ2) is 6.21. The van der Waals surface area contributed by atoms with E-state index < -0.39 is 11.7 Å². The van der Waals surface area contributed by atoms with Crippen molar-refractivity contribution in [1.29, 1.82) is 0 Å². The summed E-state index contributed by atoms with van der Waals surface area (Å²) in [5, 5.41) is 0. The number of nitrogens with zero attached hydrogens (tertiary/aromatic N) is 1. The van der Waals surface area contributed by atoms with Gasteiger partial charge in [-0.15, -0.1) is 0 Å². The Labute approximate surface area is 121 Å². The van der Waals surface area contributed by atoms with E-state index in [1.54, 1.807) is 13.0 Å². The van der Waals surface area contributed by atoms with Gasteiger partial charge in [-0.25, -0.2) is 4.39 Å². The highest BCUT2D eigenvalue weighted by Gasteiger charge is 2.21. The third-order valence-electron chi connectivity index (χ3n) is 3.05. The Morgan fingerprint density at radius 1 is 1.24 bits per heavy atom. The number of benzene rings is 1. The number of carbonyl (C=O) groups is 2. The molecule has 0 spiro atoms. The molecule has 0 aliphatic heterocycles. The molecule has 1 heterocycles. The highest BCUT2D eigenvalue weighted by atomic mass is 19.1. The maximum atomic E-state index is 13.0. The average molecular weight is 290 g/mol. The number of anilines is 1. The molecule has 0 fully saturated rings. The summed E-state index contributed by atoms with van der Waals surface area (Å²) in [7, 11) is 0. The van der Waals surface area contributed by atoms with Gasteiger partial charge in [0, 0.05) is 18.7 Å². The molecule has 5 nitrogen and oxygen atoms in total. The smallest absolute Gasteiger partial charge is 0.261 e. The van der Waals surface area contributed by atoms with Gasteiger partial charge in [0.25, 0.3) is 5.91 Å². The van der Waals surface area contributed by atoms with Crippen molar-refractivity contribution in [2.24, 2.45) is 5.73 Å². The number of aryl methyl sites for hydroxylation is 1. The van der Waals surface area contributed by atoms with Crippen LogP contribution in [0.5, 0.6) is 0 Å². The van der Waals surface area contributed by atoms with E-state index in [2.05, 4.69) is 0 Å². The summed E-state index contributed by atoms with van der Waals surface area (Å²) in [6, 6.07) is 7.01. The van der Waals surface area contributed by atoms with Gasteiger partial charge in [-0.1, -0.05) is 0 Å². The summed E-state index contributed by atoms with van der Waals surface area (Å²) in [4.78, 5) is 24.9. The topological polar surface area (TPSA) is 76.5 Å². The molecule has 2 amide bonds. The van der Waals surface area contributed by atoms with E-state index in [1.165, 1.54) is 35.4 Å². The molecule has 21 heavy (non-hydrogen) atoms. The maximum absolute atomic E-state index is 13.0. The molecule has 0 radical (unpaired) electrons. The van der Waals surface area contributed by atoms with Crippen LogP contribution >= 0.6 is 0 Å². The van der Waals surface area contributed by atoms with Gasteiger partial charge >= 0.3 is 0 Å². The molecule has 0 aliphatic carbocycles. The fraction of sp³-hybridized carbons (Fsp3) is 0.200. The lowest BCUT2D eigenvalue weighted by Gasteiger charge is -2.22. The second-order valence-electron chi connectivity index (χ2n) is 4.54. The summed E-state index contributed by atoms with van der Waals surface area (Å²) >= 11 is 0. The molecule has 2 rings (SSSR count). The number of furan rings is 1. The number of carbonyl (C=O) groups excluding carboxylic acids is 2. The van der Waals surface area contributed by atoms with Gasteiger partial charge in [0.2, 0.25) is 5.91 Å². The third kappa shape index (κ3) is 3.47. The van der Waals surface area contributed by atoms with Gasteiger partial charge in [0.15, 0.2) is 0 Å². The Bertz CT molecular complexity index is 649. The predicted molar refractivity (Wildman–Crippen MR) is 75.3 cm³/mol. The van der Waals surface area contributed by atoms with Crippen molar-refractivity contribution in [3.05, 3.63) is 53.7 Å². The highest BCUT2D eigenvalue weighted by molar-refractivity contribution is 6.06. The van der Waals surface area contributed by atoms with Crippen molar-refractivity contribution in [2.45, 2.75) is 13.3 Å². The van der Waals surface area contributed by atoms with Crippen molar-refractivity contribution in [3.8, 4) is 0 Å². The fourth-order valence-electron chi connectivity index (χ4n) is 1.94. The molecule has 0 aliphatic rings. The molecule has 0 bridgehead atoms. The zero-order valence-electron chi connectivity index (χ0n) is 11.5. The fourth-order valence-corrected chi connectivity index (χ4v) is 1.94. The Balaban J connectivity index is 2.31. The van der Waals surface area contributed by atoms with Gasteiger partial charge in [-0.2, -0.15) is 0 Å². The Morgan fingerprint density at radius 2 is 1.90 bits per heavy atom. The molecular formula is C15H15FN2O3. The van der Waals surface area contributed by atoms with Crippen LogP contribution in [0.4, 0.5) is 10.1 Å². The predicted octanol–water partition coefficient (Wildman–Crippen LogP) is 2.25. The number of nitrogens with two attached hydrogens (primary N) is 1. The molecule has 110 valence electrons. The molecule has 2 N–H and O–H groups in total. The zero-order valence-corrected chi connectivity index (χ0v) is 11.5. The van der Waals surface area contributed by atoms with Gasteiger partial charge in [0.1, 0.15) is 11.6 Å². The lowest BCUT2D eigenvalue weighted by Crippen LogP contribution is -2.34. The standard InChI is InChI=1S/C15H15FN2O3/c1-10-13(7-9-21-10)15(20)18(8-6-14(17)19)12-4-2-11(16)3-5-12/h2-5,7,9H,6,8H2,1H3,(H2,17,19). The van der Waals surface area contributed by atoms with E-state index in [4.69, 9.17) is 10.2 Å². The molecule has 1 aromatic carbocycles. The van der Waals surface area contributed by atoms with Crippen LogP contribution < -0.4 is 10.6 Å². The molecule has 0 saturated heterocycles. The molecule has 1 aromatic heterocycles. The van der Waals surface area contributed by atoms with Crippen molar-refractivity contribution < 1.29 is 18.4 Å². The third-order valence-corrected chi connectivity index (χ3v) is 3.05. The number of hydrogen-bond acceptors (Lipinski definition) is 3. The van der Waals surface area contributed by atoms with Crippen molar-refractivity contribution in [1.82, 2.24) is 0 Å². The Morgan fingerprint density at radius 3 is 2.43 bits per heavy atom. The highest BCUT2D eigenvalue weighted by Crippen LogP contribution is 2.20. The summed E-state index contributed by atoms with van der Waals surface area (Å²) in [6.07, 6.45) is 1.43. The van der Waals surface area contributed by atoms with E-state index in [-0.39, 0.29) is 18.9 Å². The number of amides is 2. The monoisotopic (exact) mass is 290 g/mol. The Hall–Kier alpha value is -2.63. The van der Waals surface area contributed by atoms with Gasteiger partial charge in [-0.3, -0.25) is 9.59 Å². The molecule has 0 unspecified atom stereocenters. The van der Waals surface area contributed by atoms with Crippen molar-refractivity contribution >= 4 is 17.5 Å². The van der Waals surface area contributed by atoms with E-state index >= 15 is 0 Å². The first-order valence-corrected chi connectivity index (χ1v) is 6.39. The second-order valence-corrected chi connectivity index (χ2v) is 4.54. The van der Waals surface area contributed by atoms with E-state index in [0.717, 1.165) is 0 Å². The van der Waals surface area contributed by atoms with Gasteiger partial charge in [-0.05, 0) is 37.3 Å². The molecule has 2 aromatic rings. The zero-order chi connectivity index (χ0) is 15.4. The number of primary amides is 1. The van der Waals surface area contributed by atoms with Crippen LogP contribution in [-0.2, 0) is 4.79 Å². The SMILES string of the molecule is Cc1occc1C(=O)N(CCC(N)=O)c1ccc(F)cc1. The minimum atomic E-state index is -0.515. The lowest BCUT2D eigenvalue weighted by atomic mass is 10.2. The summed E-state index contributed by atoms with van der Waals surface area (Å²) < 4.78 is 18.1. The molecular weight excluding hydrogens is 275 g/mol. The van der Waals surface area contributed by atoms with Crippen LogP contribution in [-0.4, -0.2) is 18.4 Å². The molecule has 0 atom stereocenters. The van der Waals surface area contributed by atoms with Crippen LogP contribution in [0.25, 0.3) is 0 Å². The quantitative estimate of drug-likeness (QED) is 0.917. The normalized spacial score (nSPS) is 10.4. The van der Waals surface area contributed by atoms with E-state index in [0.29, 0.717) is 17.0 Å². The average Bonchev–Trinajstić information content (AvgIpc) is 2.86. The largest absolute Gasteiger partial charge is 0.469 e. The maximum Gasteiger partial charge on any atom is 0.261 e. The Kier molecular flexibility index (Phi) is 4.37. The lowest BCUT2D eigenvalue weighted by molar-refractivity contribution is -0.117. The first kappa shape index (κ1) is 14.8. The van der Waals surface area contributed by atoms with Crippen LogP contribution in [0.2, 0.25) is 0 Å². The van der Waals surface area contributed by atoms with Gasteiger partial charge < -0.3 is 15.1 Å². The van der Waals surface area contributed by atoms with E-state index in [1.807, 2.05) is 0 Å². The van der Waals surface area contributed by atoms with Crippen molar-refractivity contribution in [2.75, 3.05) is 11.4 Å². The minimum absolute atomic E-state index is 0.0139.